The summed E-state index contributed by atoms with van der Waals surface area (Å²) in [5, 5.41) is 7.07. The van der Waals surface area contributed by atoms with E-state index in [1.54, 1.807) is 0 Å². The molecule has 2 aromatic heterocycles. The van der Waals surface area contributed by atoms with Gasteiger partial charge in [0.05, 0.1) is 5.69 Å². The average Bonchev–Trinajstić information content (AvgIpc) is 2.88. The van der Waals surface area contributed by atoms with Crippen LogP contribution in [0, 0.1) is 6.92 Å². The van der Waals surface area contributed by atoms with Crippen LogP contribution in [-0.2, 0) is 5.38 Å². The SMILES string of the molecule is Cc1cc(OC(F)(F)F)ccc1-c1ccc2nnc(C(F)(F)Cl)n2n1. The Bertz CT molecular complexity index is 935. The molecule has 0 fully saturated rings. The van der Waals surface area contributed by atoms with Crippen molar-refractivity contribution in [1.82, 2.24) is 19.8 Å². The first kappa shape index (κ1) is 17.3. The van der Waals surface area contributed by atoms with Crippen molar-refractivity contribution in [2.24, 2.45) is 0 Å². The first-order chi connectivity index (χ1) is 11.5. The third kappa shape index (κ3) is 3.63. The van der Waals surface area contributed by atoms with E-state index in [0.717, 1.165) is 16.6 Å². The summed E-state index contributed by atoms with van der Waals surface area (Å²) in [6, 6.07) is 6.48. The molecule has 0 atom stereocenters. The van der Waals surface area contributed by atoms with Crippen LogP contribution >= 0.6 is 11.6 Å². The summed E-state index contributed by atoms with van der Waals surface area (Å²) in [6.07, 6.45) is -4.81. The molecule has 1 aromatic carbocycles. The van der Waals surface area contributed by atoms with Crippen molar-refractivity contribution in [3.63, 3.8) is 0 Å². The second-order valence-corrected chi connectivity index (χ2v) is 5.51. The highest BCUT2D eigenvalue weighted by atomic mass is 35.5. The van der Waals surface area contributed by atoms with E-state index in [9.17, 15) is 22.0 Å². The fourth-order valence-electron chi connectivity index (χ4n) is 2.23. The minimum absolute atomic E-state index is 0.0498. The first-order valence-electron chi connectivity index (χ1n) is 6.71. The average molecular weight is 379 g/mol. The highest BCUT2D eigenvalue weighted by Crippen LogP contribution is 2.32. The lowest BCUT2D eigenvalue weighted by Gasteiger charge is -2.12. The summed E-state index contributed by atoms with van der Waals surface area (Å²) in [5.41, 5.74) is 1.11. The van der Waals surface area contributed by atoms with Crippen molar-refractivity contribution in [3.05, 3.63) is 41.7 Å². The molecule has 2 heterocycles. The topological polar surface area (TPSA) is 52.3 Å². The minimum atomic E-state index is -4.81. The minimum Gasteiger partial charge on any atom is -0.406 e. The van der Waals surface area contributed by atoms with Gasteiger partial charge >= 0.3 is 11.7 Å². The van der Waals surface area contributed by atoms with Gasteiger partial charge in [-0.3, -0.25) is 0 Å². The molecule has 0 bridgehead atoms. The molecule has 0 aliphatic rings. The molecule has 5 nitrogen and oxygen atoms in total. The Morgan fingerprint density at radius 2 is 1.76 bits per heavy atom. The molecule has 0 radical (unpaired) electrons. The van der Waals surface area contributed by atoms with Gasteiger partial charge in [0.2, 0.25) is 5.82 Å². The first-order valence-corrected chi connectivity index (χ1v) is 7.09. The summed E-state index contributed by atoms with van der Waals surface area (Å²) in [7, 11) is 0. The van der Waals surface area contributed by atoms with Gasteiger partial charge in [-0.25, -0.2) is 0 Å². The molecule has 25 heavy (non-hydrogen) atoms. The standard InChI is InChI=1S/C14H8ClF5N4O/c1-7-6-8(25-14(18,19)20)2-3-9(7)10-4-5-11-21-22-12(13(15,16)17)24(11)23-10/h2-6H,1H3. The summed E-state index contributed by atoms with van der Waals surface area (Å²) in [5.74, 6) is -1.26. The second kappa shape index (κ2) is 5.80. The maximum absolute atomic E-state index is 13.3. The molecule has 0 saturated heterocycles. The summed E-state index contributed by atoms with van der Waals surface area (Å²) >= 11 is 4.97. The number of halogens is 6. The smallest absolute Gasteiger partial charge is 0.406 e. The predicted octanol–water partition coefficient (Wildman–Crippen LogP) is 4.29. The number of rotatable bonds is 3. The lowest BCUT2D eigenvalue weighted by molar-refractivity contribution is -0.274. The molecule has 3 rings (SSSR count). The Morgan fingerprint density at radius 1 is 1.04 bits per heavy atom. The van der Waals surface area contributed by atoms with Crippen molar-refractivity contribution < 1.29 is 26.7 Å². The summed E-state index contributed by atoms with van der Waals surface area (Å²) in [6.45, 7) is 1.54. The van der Waals surface area contributed by atoms with Crippen molar-refractivity contribution in [3.8, 4) is 17.0 Å². The predicted molar refractivity (Wildman–Crippen MR) is 77.4 cm³/mol. The van der Waals surface area contributed by atoms with Crippen LogP contribution in [0.2, 0.25) is 0 Å². The van der Waals surface area contributed by atoms with Gasteiger partial charge in [0, 0.05) is 5.56 Å². The maximum Gasteiger partial charge on any atom is 0.573 e. The zero-order chi connectivity index (χ0) is 18.4. The monoisotopic (exact) mass is 378 g/mol. The van der Waals surface area contributed by atoms with E-state index in [-0.39, 0.29) is 11.3 Å². The van der Waals surface area contributed by atoms with E-state index in [4.69, 9.17) is 11.6 Å². The van der Waals surface area contributed by atoms with Gasteiger partial charge in [-0.2, -0.15) is 18.4 Å². The van der Waals surface area contributed by atoms with Crippen molar-refractivity contribution in [2.75, 3.05) is 0 Å². The zero-order valence-electron chi connectivity index (χ0n) is 12.4. The molecular formula is C14H8ClF5N4O. The Labute approximate surface area is 142 Å². The normalized spacial score (nSPS) is 12.6. The summed E-state index contributed by atoms with van der Waals surface area (Å²) < 4.78 is 68.0. The number of alkyl halides is 6. The Morgan fingerprint density at radius 3 is 2.36 bits per heavy atom. The number of benzene rings is 1. The Hall–Kier alpha value is -2.49. The quantitative estimate of drug-likeness (QED) is 0.504. The molecule has 0 saturated carbocycles. The zero-order valence-corrected chi connectivity index (χ0v) is 13.1. The van der Waals surface area contributed by atoms with Crippen molar-refractivity contribution in [2.45, 2.75) is 18.7 Å². The highest BCUT2D eigenvalue weighted by Gasteiger charge is 2.35. The highest BCUT2D eigenvalue weighted by molar-refractivity contribution is 6.21. The number of aromatic nitrogens is 4. The number of nitrogens with zero attached hydrogens (tertiary/aromatic N) is 4. The molecule has 0 aliphatic carbocycles. The van der Waals surface area contributed by atoms with E-state index in [1.807, 2.05) is 0 Å². The van der Waals surface area contributed by atoms with Gasteiger partial charge < -0.3 is 4.74 Å². The Balaban J connectivity index is 2.04. The van der Waals surface area contributed by atoms with E-state index in [2.05, 4.69) is 20.0 Å². The van der Waals surface area contributed by atoms with Crippen LogP contribution in [0.25, 0.3) is 16.9 Å². The lowest BCUT2D eigenvalue weighted by Crippen LogP contribution is -2.17. The fourth-order valence-corrected chi connectivity index (χ4v) is 2.35. The number of fused-ring (bicyclic) bond motifs is 1. The van der Waals surface area contributed by atoms with Crippen LogP contribution in [0.3, 0.4) is 0 Å². The lowest BCUT2D eigenvalue weighted by atomic mass is 10.1. The van der Waals surface area contributed by atoms with Crippen molar-refractivity contribution in [1.29, 1.82) is 0 Å². The molecule has 0 unspecified atom stereocenters. The number of hydrogen-bond donors (Lipinski definition) is 0. The van der Waals surface area contributed by atoms with Crippen LogP contribution < -0.4 is 4.74 Å². The second-order valence-electron chi connectivity index (χ2n) is 5.03. The van der Waals surface area contributed by atoms with E-state index in [0.29, 0.717) is 11.1 Å². The van der Waals surface area contributed by atoms with Crippen LogP contribution in [0.4, 0.5) is 22.0 Å². The molecule has 132 valence electrons. The van der Waals surface area contributed by atoms with Crippen LogP contribution in [0.1, 0.15) is 11.4 Å². The van der Waals surface area contributed by atoms with Gasteiger partial charge in [-0.15, -0.1) is 23.4 Å². The Kier molecular flexibility index (Phi) is 4.02. The van der Waals surface area contributed by atoms with Crippen LogP contribution in [0.5, 0.6) is 5.75 Å². The molecule has 3 aromatic rings. The maximum atomic E-state index is 13.3. The fraction of sp³-hybridized carbons (Fsp3) is 0.214. The third-order valence-electron chi connectivity index (χ3n) is 3.22. The van der Waals surface area contributed by atoms with Gasteiger partial charge in [-0.1, -0.05) is 0 Å². The van der Waals surface area contributed by atoms with E-state index in [1.165, 1.54) is 25.1 Å². The number of aryl methyl sites for hydroxylation is 1. The van der Waals surface area contributed by atoms with E-state index < -0.39 is 23.3 Å². The van der Waals surface area contributed by atoms with E-state index >= 15 is 0 Å². The van der Waals surface area contributed by atoms with Gasteiger partial charge in [0.25, 0.3) is 0 Å². The molecule has 0 amide bonds. The summed E-state index contributed by atoms with van der Waals surface area (Å²) in [4.78, 5) is 0. The molecule has 11 heteroatoms. The number of ether oxygens (including phenoxy) is 1. The largest absolute Gasteiger partial charge is 0.573 e. The van der Waals surface area contributed by atoms with Crippen molar-refractivity contribution >= 4 is 17.2 Å². The van der Waals surface area contributed by atoms with Gasteiger partial charge in [0.15, 0.2) is 5.65 Å². The van der Waals surface area contributed by atoms with Gasteiger partial charge in [-0.05, 0) is 54.4 Å². The molecule has 0 N–H and O–H groups in total. The van der Waals surface area contributed by atoms with Crippen LogP contribution in [-0.4, -0.2) is 26.2 Å². The molecule has 0 aliphatic heterocycles. The van der Waals surface area contributed by atoms with Crippen LogP contribution in [0.15, 0.2) is 30.3 Å². The third-order valence-corrected chi connectivity index (χ3v) is 3.39. The van der Waals surface area contributed by atoms with Gasteiger partial charge in [0.1, 0.15) is 5.75 Å². The molecule has 0 spiro atoms. The molecular weight excluding hydrogens is 371 g/mol. The number of hydrogen-bond acceptors (Lipinski definition) is 4.